The van der Waals surface area contributed by atoms with Crippen molar-refractivity contribution in [2.24, 2.45) is 0 Å². The van der Waals surface area contributed by atoms with Crippen LogP contribution in [0.4, 0.5) is 9.59 Å². The van der Waals surface area contributed by atoms with E-state index in [1.54, 1.807) is 7.05 Å². The number of piperidine rings is 1. The van der Waals surface area contributed by atoms with Crippen molar-refractivity contribution in [3.05, 3.63) is 47.0 Å². The number of carbonyl (C=O) groups excluding carboxylic acids is 2. The van der Waals surface area contributed by atoms with Crippen LogP contribution < -0.4 is 10.6 Å². The summed E-state index contributed by atoms with van der Waals surface area (Å²) < 4.78 is 0. The average Bonchev–Trinajstić information content (AvgIpc) is 3.57. The summed E-state index contributed by atoms with van der Waals surface area (Å²) >= 11 is 6.05. The average molecular weight is 415 g/mol. The number of fused-ring (bicyclic) bond motifs is 1. The number of amides is 4. The van der Waals surface area contributed by atoms with Crippen LogP contribution in [0, 0.1) is 0 Å². The van der Waals surface area contributed by atoms with Gasteiger partial charge in [0.05, 0.1) is 6.04 Å². The van der Waals surface area contributed by atoms with E-state index < -0.39 is 0 Å². The fourth-order valence-corrected chi connectivity index (χ4v) is 4.33. The van der Waals surface area contributed by atoms with E-state index in [1.807, 2.05) is 40.1 Å². The van der Waals surface area contributed by atoms with Crippen molar-refractivity contribution in [1.82, 2.24) is 20.4 Å². The summed E-state index contributed by atoms with van der Waals surface area (Å²) in [4.78, 5) is 28.8. The molecule has 1 atom stereocenters. The van der Waals surface area contributed by atoms with Gasteiger partial charge in [-0.15, -0.1) is 0 Å². The summed E-state index contributed by atoms with van der Waals surface area (Å²) in [5.41, 5.74) is 1.06. The molecule has 29 heavy (non-hydrogen) atoms. The molecule has 2 aromatic rings. The van der Waals surface area contributed by atoms with E-state index in [4.69, 9.17) is 11.6 Å². The van der Waals surface area contributed by atoms with Gasteiger partial charge >= 0.3 is 12.1 Å². The Labute approximate surface area is 176 Å². The van der Waals surface area contributed by atoms with Crippen LogP contribution in [0.25, 0.3) is 10.8 Å². The molecule has 2 fully saturated rings. The fourth-order valence-electron chi connectivity index (χ4n) is 4.15. The first-order valence-electron chi connectivity index (χ1n) is 10.3. The predicted octanol–water partition coefficient (Wildman–Crippen LogP) is 3.97. The Kier molecular flexibility index (Phi) is 5.81. The lowest BCUT2D eigenvalue weighted by Gasteiger charge is -2.39. The summed E-state index contributed by atoms with van der Waals surface area (Å²) in [5, 5.41) is 8.70. The molecule has 154 valence electrons. The number of halogens is 1. The highest BCUT2D eigenvalue weighted by Crippen LogP contribution is 2.31. The number of hydrogen-bond donors (Lipinski definition) is 2. The SMILES string of the molecule is CNC(=O)N1CCC[C@@H](N(C(=O)NCc2ccc3cc(Cl)ccc3c2)C2CC2)C1. The van der Waals surface area contributed by atoms with Gasteiger partial charge in [-0.05, 0) is 60.2 Å². The van der Waals surface area contributed by atoms with Gasteiger partial charge in [0.2, 0.25) is 0 Å². The number of benzene rings is 2. The minimum Gasteiger partial charge on any atom is -0.341 e. The van der Waals surface area contributed by atoms with Gasteiger partial charge < -0.3 is 20.4 Å². The zero-order chi connectivity index (χ0) is 20.4. The van der Waals surface area contributed by atoms with Crippen LogP contribution in [0.5, 0.6) is 0 Å². The lowest BCUT2D eigenvalue weighted by molar-refractivity contribution is 0.116. The molecular formula is C22H27ClN4O2. The number of carbonyl (C=O) groups is 2. The monoisotopic (exact) mass is 414 g/mol. The normalized spacial score (nSPS) is 19.1. The van der Waals surface area contributed by atoms with Crippen LogP contribution >= 0.6 is 11.6 Å². The standard InChI is InChI=1S/C22H27ClN4O2/c1-24-21(28)26-10-2-3-20(14-26)27(19-8-9-19)22(29)25-13-15-4-5-17-12-18(23)7-6-16(17)11-15/h4-7,11-12,19-20H,2-3,8-10,13-14H2,1H3,(H,24,28)(H,25,29)/t20-/m1/s1. The maximum atomic E-state index is 13.0. The van der Waals surface area contributed by atoms with Gasteiger partial charge in [-0.1, -0.05) is 29.8 Å². The summed E-state index contributed by atoms with van der Waals surface area (Å²) in [6.45, 7) is 1.82. The number of nitrogens with zero attached hydrogens (tertiary/aromatic N) is 2. The molecule has 1 saturated carbocycles. The van der Waals surface area contributed by atoms with E-state index in [0.29, 0.717) is 19.1 Å². The smallest absolute Gasteiger partial charge is 0.318 e. The lowest BCUT2D eigenvalue weighted by atomic mass is 10.0. The van der Waals surface area contributed by atoms with E-state index in [1.165, 1.54) is 0 Å². The largest absolute Gasteiger partial charge is 0.341 e. The zero-order valence-corrected chi connectivity index (χ0v) is 17.4. The summed E-state index contributed by atoms with van der Waals surface area (Å²) in [6, 6.07) is 12.2. The molecule has 1 heterocycles. The molecule has 2 aromatic carbocycles. The van der Waals surface area contributed by atoms with Crippen molar-refractivity contribution >= 4 is 34.4 Å². The first-order chi connectivity index (χ1) is 14.0. The molecule has 0 unspecified atom stereocenters. The van der Waals surface area contributed by atoms with E-state index in [-0.39, 0.29) is 18.1 Å². The molecule has 1 saturated heterocycles. The van der Waals surface area contributed by atoms with E-state index in [9.17, 15) is 9.59 Å². The Morgan fingerprint density at radius 2 is 1.86 bits per heavy atom. The molecule has 1 aliphatic carbocycles. The van der Waals surface area contributed by atoms with Gasteiger partial charge in [-0.25, -0.2) is 9.59 Å². The molecule has 0 aromatic heterocycles. The molecule has 1 aliphatic heterocycles. The Morgan fingerprint density at radius 3 is 2.62 bits per heavy atom. The molecule has 4 amide bonds. The molecule has 0 radical (unpaired) electrons. The topological polar surface area (TPSA) is 64.7 Å². The molecule has 2 aliphatic rings. The second-order valence-electron chi connectivity index (χ2n) is 7.92. The van der Waals surface area contributed by atoms with E-state index >= 15 is 0 Å². The van der Waals surface area contributed by atoms with Crippen molar-refractivity contribution < 1.29 is 9.59 Å². The lowest BCUT2D eigenvalue weighted by Crippen LogP contribution is -2.56. The first kappa shape index (κ1) is 19.8. The van der Waals surface area contributed by atoms with Crippen molar-refractivity contribution in [3.8, 4) is 0 Å². The van der Waals surface area contributed by atoms with Crippen LogP contribution in [0.1, 0.15) is 31.2 Å². The zero-order valence-electron chi connectivity index (χ0n) is 16.7. The Morgan fingerprint density at radius 1 is 1.10 bits per heavy atom. The Bertz CT molecular complexity index is 915. The fraction of sp³-hybridized carbons (Fsp3) is 0.455. The van der Waals surface area contributed by atoms with Gasteiger partial charge in [0.1, 0.15) is 0 Å². The maximum absolute atomic E-state index is 13.0. The number of rotatable bonds is 4. The van der Waals surface area contributed by atoms with Gasteiger partial charge in [0, 0.05) is 37.7 Å². The van der Waals surface area contributed by atoms with Crippen molar-refractivity contribution in [1.29, 1.82) is 0 Å². The van der Waals surface area contributed by atoms with Gasteiger partial charge in [-0.3, -0.25) is 0 Å². The highest BCUT2D eigenvalue weighted by molar-refractivity contribution is 6.31. The molecule has 6 nitrogen and oxygen atoms in total. The minimum absolute atomic E-state index is 0.0348. The second-order valence-corrected chi connectivity index (χ2v) is 8.36. The molecule has 2 N–H and O–H groups in total. The van der Waals surface area contributed by atoms with Gasteiger partial charge in [0.15, 0.2) is 0 Å². The summed E-state index contributed by atoms with van der Waals surface area (Å²) in [5.74, 6) is 0. The number of hydrogen-bond acceptors (Lipinski definition) is 2. The summed E-state index contributed by atoms with van der Waals surface area (Å²) in [7, 11) is 1.65. The first-order valence-corrected chi connectivity index (χ1v) is 10.6. The van der Waals surface area contributed by atoms with Crippen LogP contribution in [0.3, 0.4) is 0 Å². The van der Waals surface area contributed by atoms with Crippen molar-refractivity contribution in [3.63, 3.8) is 0 Å². The van der Waals surface area contributed by atoms with Crippen molar-refractivity contribution in [2.45, 2.75) is 44.3 Å². The maximum Gasteiger partial charge on any atom is 0.318 e. The highest BCUT2D eigenvalue weighted by Gasteiger charge is 2.39. The van der Waals surface area contributed by atoms with Crippen LogP contribution in [0.2, 0.25) is 5.02 Å². The van der Waals surface area contributed by atoms with Gasteiger partial charge in [-0.2, -0.15) is 0 Å². The van der Waals surface area contributed by atoms with Crippen LogP contribution in [-0.4, -0.2) is 54.1 Å². The van der Waals surface area contributed by atoms with Gasteiger partial charge in [0.25, 0.3) is 0 Å². The molecule has 4 rings (SSSR count). The minimum atomic E-state index is -0.0675. The molecule has 7 heteroatoms. The predicted molar refractivity (Wildman–Crippen MR) is 115 cm³/mol. The molecule has 0 spiro atoms. The third kappa shape index (κ3) is 4.58. The van der Waals surface area contributed by atoms with E-state index in [2.05, 4.69) is 16.7 Å². The van der Waals surface area contributed by atoms with Crippen LogP contribution in [0.15, 0.2) is 36.4 Å². The molecular weight excluding hydrogens is 388 g/mol. The van der Waals surface area contributed by atoms with Crippen molar-refractivity contribution in [2.75, 3.05) is 20.1 Å². The van der Waals surface area contributed by atoms with Crippen LogP contribution in [-0.2, 0) is 6.54 Å². The summed E-state index contributed by atoms with van der Waals surface area (Å²) in [6.07, 6.45) is 3.94. The Hall–Kier alpha value is -2.47. The second kappa shape index (κ2) is 8.49. The Balaban J connectivity index is 1.41. The highest BCUT2D eigenvalue weighted by atomic mass is 35.5. The van der Waals surface area contributed by atoms with E-state index in [0.717, 1.165) is 53.6 Å². The quantitative estimate of drug-likeness (QED) is 0.795. The molecule has 0 bridgehead atoms. The third-order valence-electron chi connectivity index (χ3n) is 5.78. The number of urea groups is 2. The third-order valence-corrected chi connectivity index (χ3v) is 6.01. The number of likely N-dealkylation sites (tertiary alicyclic amines) is 1. The number of nitrogens with one attached hydrogen (secondary N) is 2.